The normalized spacial score (nSPS) is 10.9. The van der Waals surface area contributed by atoms with Crippen molar-refractivity contribution in [3.63, 3.8) is 0 Å². The van der Waals surface area contributed by atoms with E-state index in [2.05, 4.69) is 10.3 Å². The standard InChI is InChI=1S/C20H21N3O4S/c1-3-5-15-22-18-17(14(11-28-18)20(26)27)19(25)23(15)10-16(24)21-13-8-6-12(4-2)7-9-13/h6-9,11H,3-5,10H2,1-2H3,(H,21,24)(H,26,27). The van der Waals surface area contributed by atoms with Crippen LogP contribution in [0.2, 0.25) is 0 Å². The number of aryl methyl sites for hydroxylation is 2. The van der Waals surface area contributed by atoms with Gasteiger partial charge in [-0.15, -0.1) is 11.3 Å². The third kappa shape index (κ3) is 3.96. The summed E-state index contributed by atoms with van der Waals surface area (Å²) in [5.74, 6) is -1.06. The predicted molar refractivity (Wildman–Crippen MR) is 109 cm³/mol. The first-order valence-corrected chi connectivity index (χ1v) is 9.95. The quantitative estimate of drug-likeness (QED) is 0.635. The average Bonchev–Trinajstić information content (AvgIpc) is 3.10. The van der Waals surface area contributed by atoms with Gasteiger partial charge >= 0.3 is 5.97 Å². The number of amides is 1. The number of carboxylic acids is 1. The van der Waals surface area contributed by atoms with Crippen LogP contribution in [0, 0.1) is 0 Å². The van der Waals surface area contributed by atoms with Crippen molar-refractivity contribution in [1.29, 1.82) is 0 Å². The molecule has 1 amide bonds. The van der Waals surface area contributed by atoms with E-state index in [-0.39, 0.29) is 23.4 Å². The molecule has 0 spiro atoms. The summed E-state index contributed by atoms with van der Waals surface area (Å²) in [6, 6.07) is 7.50. The van der Waals surface area contributed by atoms with Crippen LogP contribution in [0.1, 0.15) is 42.0 Å². The van der Waals surface area contributed by atoms with Crippen molar-refractivity contribution in [1.82, 2.24) is 9.55 Å². The molecule has 0 aliphatic heterocycles. The van der Waals surface area contributed by atoms with Crippen molar-refractivity contribution < 1.29 is 14.7 Å². The van der Waals surface area contributed by atoms with Gasteiger partial charge in [0.25, 0.3) is 5.56 Å². The third-order valence-electron chi connectivity index (χ3n) is 4.42. The van der Waals surface area contributed by atoms with E-state index >= 15 is 0 Å². The molecule has 0 atom stereocenters. The van der Waals surface area contributed by atoms with E-state index in [0.717, 1.165) is 29.7 Å². The predicted octanol–water partition coefficient (Wildman–Crippen LogP) is 3.31. The number of anilines is 1. The molecular formula is C20H21N3O4S. The lowest BCUT2D eigenvalue weighted by molar-refractivity contribution is -0.116. The molecule has 2 N–H and O–H groups in total. The SMILES string of the molecule is CCCc1nc2scc(C(=O)O)c2c(=O)n1CC(=O)Nc1ccc(CC)cc1. The van der Waals surface area contributed by atoms with Crippen molar-refractivity contribution in [2.45, 2.75) is 39.7 Å². The van der Waals surface area contributed by atoms with Gasteiger partial charge in [-0.2, -0.15) is 0 Å². The van der Waals surface area contributed by atoms with Crippen LogP contribution >= 0.6 is 11.3 Å². The highest BCUT2D eigenvalue weighted by molar-refractivity contribution is 7.17. The van der Waals surface area contributed by atoms with Crippen molar-refractivity contribution in [3.8, 4) is 0 Å². The second-order valence-corrected chi connectivity index (χ2v) is 7.26. The molecule has 0 unspecified atom stereocenters. The van der Waals surface area contributed by atoms with E-state index in [1.54, 1.807) is 0 Å². The summed E-state index contributed by atoms with van der Waals surface area (Å²) in [6.45, 7) is 3.78. The lowest BCUT2D eigenvalue weighted by atomic mass is 10.1. The van der Waals surface area contributed by atoms with Crippen LogP contribution in [-0.2, 0) is 24.2 Å². The number of aromatic nitrogens is 2. The Kier molecular flexibility index (Phi) is 5.89. The Hall–Kier alpha value is -3.00. The number of rotatable bonds is 7. The minimum absolute atomic E-state index is 0.0532. The summed E-state index contributed by atoms with van der Waals surface area (Å²) in [4.78, 5) is 41.7. The second-order valence-electron chi connectivity index (χ2n) is 6.40. The molecule has 0 radical (unpaired) electrons. The van der Waals surface area contributed by atoms with Gasteiger partial charge in [-0.3, -0.25) is 14.2 Å². The Morgan fingerprint density at radius 3 is 2.54 bits per heavy atom. The summed E-state index contributed by atoms with van der Waals surface area (Å²) >= 11 is 1.12. The van der Waals surface area contributed by atoms with Crippen LogP contribution in [-0.4, -0.2) is 26.5 Å². The first-order chi connectivity index (χ1) is 13.4. The lowest BCUT2D eigenvalue weighted by Crippen LogP contribution is -2.31. The van der Waals surface area contributed by atoms with Crippen LogP contribution in [0.4, 0.5) is 5.69 Å². The van der Waals surface area contributed by atoms with E-state index in [0.29, 0.717) is 22.8 Å². The first kappa shape index (κ1) is 19.8. The van der Waals surface area contributed by atoms with Gasteiger partial charge in [0.2, 0.25) is 5.91 Å². The van der Waals surface area contributed by atoms with Crippen molar-refractivity contribution in [3.05, 3.63) is 57.0 Å². The molecule has 146 valence electrons. The van der Waals surface area contributed by atoms with Gasteiger partial charge in [0.05, 0.1) is 10.9 Å². The smallest absolute Gasteiger partial charge is 0.337 e. The van der Waals surface area contributed by atoms with E-state index in [9.17, 15) is 19.5 Å². The molecule has 3 aromatic rings. The molecule has 0 saturated carbocycles. The van der Waals surface area contributed by atoms with Gasteiger partial charge in [-0.1, -0.05) is 26.0 Å². The number of hydrogen-bond donors (Lipinski definition) is 2. The van der Waals surface area contributed by atoms with Crippen molar-refractivity contribution in [2.75, 3.05) is 5.32 Å². The Balaban J connectivity index is 1.95. The summed E-state index contributed by atoms with van der Waals surface area (Å²) < 4.78 is 1.28. The summed E-state index contributed by atoms with van der Waals surface area (Å²) in [5.41, 5.74) is 1.23. The second kappa shape index (κ2) is 8.35. The molecule has 0 aliphatic carbocycles. The summed E-state index contributed by atoms with van der Waals surface area (Å²) in [6.07, 6.45) is 2.17. The number of fused-ring (bicyclic) bond motifs is 1. The minimum Gasteiger partial charge on any atom is -0.478 e. The Morgan fingerprint density at radius 1 is 1.21 bits per heavy atom. The number of aromatic carboxylic acids is 1. The van der Waals surface area contributed by atoms with Crippen LogP contribution in [0.15, 0.2) is 34.4 Å². The van der Waals surface area contributed by atoms with Gasteiger partial charge in [-0.25, -0.2) is 9.78 Å². The van der Waals surface area contributed by atoms with Gasteiger partial charge in [0, 0.05) is 17.5 Å². The van der Waals surface area contributed by atoms with Gasteiger partial charge < -0.3 is 10.4 Å². The Morgan fingerprint density at radius 2 is 1.93 bits per heavy atom. The topological polar surface area (TPSA) is 101 Å². The summed E-state index contributed by atoms with van der Waals surface area (Å²) in [7, 11) is 0. The van der Waals surface area contributed by atoms with Crippen LogP contribution in [0.5, 0.6) is 0 Å². The molecule has 0 aliphatic rings. The molecule has 0 bridgehead atoms. The fourth-order valence-electron chi connectivity index (χ4n) is 2.97. The maximum Gasteiger partial charge on any atom is 0.337 e. The van der Waals surface area contributed by atoms with Crippen molar-refractivity contribution >= 4 is 39.1 Å². The number of thiophene rings is 1. The fraction of sp³-hybridized carbons (Fsp3) is 0.300. The number of carbonyl (C=O) groups excluding carboxylic acids is 1. The lowest BCUT2D eigenvalue weighted by Gasteiger charge is -2.12. The number of carboxylic acid groups (broad SMARTS) is 1. The van der Waals surface area contributed by atoms with E-state index in [1.807, 2.05) is 38.1 Å². The number of hydrogen-bond acceptors (Lipinski definition) is 5. The number of nitrogens with one attached hydrogen (secondary N) is 1. The Bertz CT molecular complexity index is 1080. The fourth-order valence-corrected chi connectivity index (χ4v) is 3.89. The molecule has 0 fully saturated rings. The largest absolute Gasteiger partial charge is 0.478 e. The van der Waals surface area contributed by atoms with Crippen LogP contribution in [0.3, 0.4) is 0 Å². The molecule has 1 aromatic carbocycles. The zero-order valence-electron chi connectivity index (χ0n) is 15.7. The van der Waals surface area contributed by atoms with Gasteiger partial charge in [-0.05, 0) is 30.5 Å². The zero-order valence-corrected chi connectivity index (χ0v) is 16.5. The minimum atomic E-state index is -1.18. The highest BCUT2D eigenvalue weighted by atomic mass is 32.1. The van der Waals surface area contributed by atoms with Crippen LogP contribution in [0.25, 0.3) is 10.2 Å². The Labute approximate surface area is 165 Å². The third-order valence-corrected chi connectivity index (χ3v) is 5.30. The van der Waals surface area contributed by atoms with E-state index in [4.69, 9.17) is 0 Å². The molecule has 28 heavy (non-hydrogen) atoms. The number of nitrogens with zero attached hydrogens (tertiary/aromatic N) is 2. The molecular weight excluding hydrogens is 378 g/mol. The average molecular weight is 399 g/mol. The molecule has 2 aromatic heterocycles. The highest BCUT2D eigenvalue weighted by Crippen LogP contribution is 2.22. The molecule has 0 saturated heterocycles. The number of benzene rings is 1. The van der Waals surface area contributed by atoms with E-state index in [1.165, 1.54) is 9.95 Å². The maximum absolute atomic E-state index is 13.0. The molecule has 7 nitrogen and oxygen atoms in total. The van der Waals surface area contributed by atoms with Crippen LogP contribution < -0.4 is 10.9 Å². The first-order valence-electron chi connectivity index (χ1n) is 9.07. The summed E-state index contributed by atoms with van der Waals surface area (Å²) in [5, 5.41) is 13.6. The molecule has 2 heterocycles. The van der Waals surface area contributed by atoms with Gasteiger partial charge in [0.1, 0.15) is 17.2 Å². The monoisotopic (exact) mass is 399 g/mol. The number of carbonyl (C=O) groups is 2. The molecule has 8 heteroatoms. The highest BCUT2D eigenvalue weighted by Gasteiger charge is 2.20. The van der Waals surface area contributed by atoms with Gasteiger partial charge in [0.15, 0.2) is 0 Å². The molecule has 3 rings (SSSR count). The zero-order chi connectivity index (χ0) is 20.3. The van der Waals surface area contributed by atoms with E-state index < -0.39 is 11.5 Å². The maximum atomic E-state index is 13.0. The van der Waals surface area contributed by atoms with Crippen molar-refractivity contribution in [2.24, 2.45) is 0 Å².